The fourth-order valence-corrected chi connectivity index (χ4v) is 1.50. The minimum absolute atomic E-state index is 0.212. The summed E-state index contributed by atoms with van der Waals surface area (Å²) in [5.41, 5.74) is 0. The second kappa shape index (κ2) is 6.66. The van der Waals surface area contributed by atoms with Crippen molar-refractivity contribution < 1.29 is 19.0 Å². The zero-order valence-corrected chi connectivity index (χ0v) is 10.0. The van der Waals surface area contributed by atoms with Crippen molar-refractivity contribution in [1.29, 1.82) is 0 Å². The van der Waals surface area contributed by atoms with E-state index < -0.39 is 5.79 Å². The van der Waals surface area contributed by atoms with Crippen molar-refractivity contribution in [3.63, 3.8) is 0 Å². The van der Waals surface area contributed by atoms with Crippen LogP contribution in [-0.4, -0.2) is 31.6 Å². The molecule has 0 aromatic carbocycles. The Bertz CT molecular complexity index is 241. The summed E-state index contributed by atoms with van der Waals surface area (Å²) in [6, 6.07) is 0. The Morgan fingerprint density at radius 1 is 1.38 bits per heavy atom. The van der Waals surface area contributed by atoms with Crippen LogP contribution in [0.1, 0.15) is 33.1 Å². The fraction of sp³-hybridized carbons (Fsp3) is 0.750. The first-order valence-electron chi connectivity index (χ1n) is 5.71. The maximum Gasteiger partial charge on any atom is 0.302 e. The SMILES string of the molecule is CC(=O)OCCCC/C=C/C1(C)OCCO1. The van der Waals surface area contributed by atoms with Crippen molar-refractivity contribution in [2.24, 2.45) is 0 Å². The summed E-state index contributed by atoms with van der Waals surface area (Å²) in [6.45, 7) is 5.17. The molecule has 0 spiro atoms. The molecule has 1 fully saturated rings. The molecular formula is C12H20O4. The van der Waals surface area contributed by atoms with Gasteiger partial charge in [-0.1, -0.05) is 6.08 Å². The number of rotatable bonds is 6. The van der Waals surface area contributed by atoms with Gasteiger partial charge in [0.1, 0.15) is 0 Å². The first-order valence-corrected chi connectivity index (χ1v) is 5.71. The Balaban J connectivity index is 2.02. The van der Waals surface area contributed by atoms with Crippen molar-refractivity contribution >= 4 is 5.97 Å². The summed E-state index contributed by atoms with van der Waals surface area (Å²) < 4.78 is 15.7. The van der Waals surface area contributed by atoms with E-state index in [2.05, 4.69) is 6.08 Å². The van der Waals surface area contributed by atoms with Crippen LogP contribution < -0.4 is 0 Å². The van der Waals surface area contributed by atoms with Crippen LogP contribution in [0.3, 0.4) is 0 Å². The Hall–Kier alpha value is -0.870. The second-order valence-corrected chi connectivity index (χ2v) is 3.95. The molecule has 0 atom stereocenters. The molecule has 1 aliphatic heterocycles. The predicted molar refractivity (Wildman–Crippen MR) is 59.9 cm³/mol. The maximum atomic E-state index is 10.5. The van der Waals surface area contributed by atoms with E-state index in [0.717, 1.165) is 19.3 Å². The van der Waals surface area contributed by atoms with Crippen LogP contribution in [0.5, 0.6) is 0 Å². The lowest BCUT2D eigenvalue weighted by atomic mass is 10.2. The Morgan fingerprint density at radius 3 is 2.69 bits per heavy atom. The zero-order chi connectivity index (χ0) is 11.9. The Morgan fingerprint density at radius 2 is 2.06 bits per heavy atom. The number of hydrogen-bond donors (Lipinski definition) is 0. The highest BCUT2D eigenvalue weighted by Crippen LogP contribution is 2.20. The fourth-order valence-electron chi connectivity index (χ4n) is 1.50. The number of esters is 1. The van der Waals surface area contributed by atoms with Crippen LogP contribution in [-0.2, 0) is 19.0 Å². The van der Waals surface area contributed by atoms with Gasteiger partial charge in [-0.25, -0.2) is 0 Å². The summed E-state index contributed by atoms with van der Waals surface area (Å²) in [7, 11) is 0. The van der Waals surface area contributed by atoms with E-state index in [1.165, 1.54) is 6.92 Å². The summed E-state index contributed by atoms with van der Waals surface area (Å²) in [4.78, 5) is 10.5. The summed E-state index contributed by atoms with van der Waals surface area (Å²) >= 11 is 0. The average Bonchev–Trinajstić information content (AvgIpc) is 2.64. The van der Waals surface area contributed by atoms with Crippen LogP contribution in [0.15, 0.2) is 12.2 Å². The molecule has 0 aromatic rings. The number of hydrogen-bond acceptors (Lipinski definition) is 4. The lowest BCUT2D eigenvalue weighted by molar-refractivity contribution is -0.141. The van der Waals surface area contributed by atoms with Gasteiger partial charge in [-0.15, -0.1) is 0 Å². The van der Waals surface area contributed by atoms with E-state index in [0.29, 0.717) is 19.8 Å². The first kappa shape index (κ1) is 13.2. The van der Waals surface area contributed by atoms with Crippen molar-refractivity contribution in [1.82, 2.24) is 0 Å². The molecule has 92 valence electrons. The van der Waals surface area contributed by atoms with E-state index in [1.807, 2.05) is 13.0 Å². The molecule has 0 saturated carbocycles. The summed E-state index contributed by atoms with van der Waals surface area (Å²) in [5, 5.41) is 0. The monoisotopic (exact) mass is 228 g/mol. The van der Waals surface area contributed by atoms with Gasteiger partial charge in [0.15, 0.2) is 5.79 Å². The normalized spacial score (nSPS) is 19.1. The van der Waals surface area contributed by atoms with Gasteiger partial charge in [-0.3, -0.25) is 4.79 Å². The third-order valence-electron chi connectivity index (χ3n) is 2.35. The topological polar surface area (TPSA) is 44.8 Å². The first-order chi connectivity index (χ1) is 7.62. The number of unbranched alkanes of at least 4 members (excludes halogenated alkanes) is 2. The summed E-state index contributed by atoms with van der Waals surface area (Å²) in [5.74, 6) is -0.744. The van der Waals surface area contributed by atoms with E-state index in [-0.39, 0.29) is 5.97 Å². The zero-order valence-electron chi connectivity index (χ0n) is 10.0. The van der Waals surface area contributed by atoms with Gasteiger partial charge in [-0.2, -0.15) is 0 Å². The van der Waals surface area contributed by atoms with Gasteiger partial charge in [-0.05, 0) is 32.3 Å². The Kier molecular flexibility index (Phi) is 5.49. The second-order valence-electron chi connectivity index (χ2n) is 3.95. The largest absolute Gasteiger partial charge is 0.466 e. The van der Waals surface area contributed by atoms with Gasteiger partial charge in [0.05, 0.1) is 19.8 Å². The molecule has 4 nitrogen and oxygen atoms in total. The molecule has 1 rings (SSSR count). The molecule has 1 saturated heterocycles. The molecular weight excluding hydrogens is 208 g/mol. The Labute approximate surface area is 96.6 Å². The van der Waals surface area contributed by atoms with E-state index in [1.54, 1.807) is 0 Å². The van der Waals surface area contributed by atoms with Crippen LogP contribution in [0.4, 0.5) is 0 Å². The lowest BCUT2D eigenvalue weighted by Crippen LogP contribution is -2.21. The average molecular weight is 228 g/mol. The van der Waals surface area contributed by atoms with Crippen LogP contribution >= 0.6 is 0 Å². The third kappa shape index (κ3) is 5.28. The molecule has 1 heterocycles. The van der Waals surface area contributed by atoms with Gasteiger partial charge in [0, 0.05) is 6.92 Å². The smallest absolute Gasteiger partial charge is 0.302 e. The quantitative estimate of drug-likeness (QED) is 0.396. The molecule has 16 heavy (non-hydrogen) atoms. The number of carbonyl (C=O) groups is 1. The maximum absolute atomic E-state index is 10.5. The predicted octanol–water partition coefficient (Wildman–Crippen LogP) is 2.04. The molecule has 0 aromatic heterocycles. The molecule has 0 unspecified atom stereocenters. The molecule has 0 bridgehead atoms. The molecule has 0 N–H and O–H groups in total. The highest BCUT2D eigenvalue weighted by atomic mass is 16.7. The highest BCUT2D eigenvalue weighted by molar-refractivity contribution is 5.65. The standard InChI is InChI=1S/C12H20O4/c1-11(13)14-8-6-4-3-5-7-12(2)15-9-10-16-12/h5,7H,3-4,6,8-10H2,1-2H3/b7-5+. The van der Waals surface area contributed by atoms with Gasteiger partial charge in [0.25, 0.3) is 0 Å². The lowest BCUT2D eigenvalue weighted by Gasteiger charge is -2.16. The van der Waals surface area contributed by atoms with Crippen LogP contribution in [0.25, 0.3) is 0 Å². The van der Waals surface area contributed by atoms with E-state index >= 15 is 0 Å². The number of ether oxygens (including phenoxy) is 3. The van der Waals surface area contributed by atoms with E-state index in [4.69, 9.17) is 14.2 Å². The number of allylic oxidation sites excluding steroid dienone is 1. The highest BCUT2D eigenvalue weighted by Gasteiger charge is 2.26. The van der Waals surface area contributed by atoms with Crippen molar-refractivity contribution in [2.45, 2.75) is 38.9 Å². The van der Waals surface area contributed by atoms with Crippen LogP contribution in [0, 0.1) is 0 Å². The third-order valence-corrected chi connectivity index (χ3v) is 2.35. The molecule has 0 aliphatic carbocycles. The minimum Gasteiger partial charge on any atom is -0.466 e. The van der Waals surface area contributed by atoms with Crippen molar-refractivity contribution in [3.8, 4) is 0 Å². The number of carbonyl (C=O) groups excluding carboxylic acids is 1. The van der Waals surface area contributed by atoms with Crippen molar-refractivity contribution in [3.05, 3.63) is 12.2 Å². The van der Waals surface area contributed by atoms with Gasteiger partial charge in [0.2, 0.25) is 0 Å². The van der Waals surface area contributed by atoms with Crippen molar-refractivity contribution in [2.75, 3.05) is 19.8 Å². The molecule has 4 heteroatoms. The van der Waals surface area contributed by atoms with Gasteiger partial charge >= 0.3 is 5.97 Å². The van der Waals surface area contributed by atoms with Gasteiger partial charge < -0.3 is 14.2 Å². The summed E-state index contributed by atoms with van der Waals surface area (Å²) in [6.07, 6.45) is 6.84. The minimum atomic E-state index is -0.532. The van der Waals surface area contributed by atoms with Crippen LogP contribution in [0.2, 0.25) is 0 Å². The molecule has 0 amide bonds. The molecule has 1 aliphatic rings. The van der Waals surface area contributed by atoms with E-state index in [9.17, 15) is 4.79 Å². The molecule has 0 radical (unpaired) electrons.